The fourth-order valence-electron chi connectivity index (χ4n) is 6.67. The molecule has 1 saturated carbocycles. The molecule has 1 aromatic heterocycles. The summed E-state index contributed by atoms with van der Waals surface area (Å²) in [6, 6.07) is 7.03. The van der Waals surface area contributed by atoms with Gasteiger partial charge in [-0.2, -0.15) is 4.98 Å². The van der Waals surface area contributed by atoms with Crippen molar-refractivity contribution >= 4 is 28.3 Å². The normalized spacial score (nSPS) is 28.4. The quantitative estimate of drug-likeness (QED) is 0.663. The molecular weight excluding hydrogens is 458 g/mol. The monoisotopic (exact) mass is 493 g/mol. The first kappa shape index (κ1) is 22.0. The van der Waals surface area contributed by atoms with Crippen molar-refractivity contribution in [3.63, 3.8) is 0 Å². The van der Waals surface area contributed by atoms with Crippen LogP contribution in [0.1, 0.15) is 48.9 Å². The Morgan fingerprint density at radius 2 is 1.74 bits per heavy atom. The van der Waals surface area contributed by atoms with Crippen LogP contribution in [-0.4, -0.2) is 63.4 Å². The maximum Gasteiger partial charge on any atom is 0.227 e. The molecule has 2 aliphatic carbocycles. The fourth-order valence-corrected chi connectivity index (χ4v) is 8.06. The smallest absolute Gasteiger partial charge is 0.227 e. The van der Waals surface area contributed by atoms with Crippen LogP contribution >= 0.6 is 0 Å². The Balaban J connectivity index is 1.14. The molecule has 3 aliphatic heterocycles. The van der Waals surface area contributed by atoms with Crippen molar-refractivity contribution in [3.05, 3.63) is 35.0 Å². The highest BCUT2D eigenvalue weighted by atomic mass is 32.2. The molecule has 4 heterocycles. The van der Waals surface area contributed by atoms with E-state index in [4.69, 9.17) is 9.97 Å². The van der Waals surface area contributed by atoms with Crippen molar-refractivity contribution in [2.45, 2.75) is 61.8 Å². The second-order valence-electron chi connectivity index (χ2n) is 11.4. The minimum Gasteiger partial charge on any atom is -0.394 e. The molecule has 3 fully saturated rings. The van der Waals surface area contributed by atoms with E-state index in [2.05, 4.69) is 33.3 Å². The van der Waals surface area contributed by atoms with Crippen molar-refractivity contribution in [2.24, 2.45) is 11.8 Å². The number of aliphatic hydroxyl groups excluding tert-OH is 1. The van der Waals surface area contributed by atoms with Crippen molar-refractivity contribution in [1.29, 1.82) is 0 Å². The van der Waals surface area contributed by atoms with Crippen LogP contribution in [0.5, 0.6) is 0 Å². The number of aryl methyl sites for hydroxylation is 3. The van der Waals surface area contributed by atoms with E-state index in [-0.39, 0.29) is 12.1 Å². The average Bonchev–Trinajstić information content (AvgIpc) is 3.33. The summed E-state index contributed by atoms with van der Waals surface area (Å²) in [5.41, 5.74) is 5.06. The molecule has 35 heavy (non-hydrogen) atoms. The SMILES string of the molecule is O=S1CCCCc2nc(N3CC4CN(c5ccc6c(c5)CC6)CC4C3)nc(NC3(CO)CCC3)c21. The first-order valence-electron chi connectivity index (χ1n) is 13.4. The number of rotatable bonds is 5. The van der Waals surface area contributed by atoms with E-state index in [1.165, 1.54) is 29.7 Å². The molecule has 0 amide bonds. The van der Waals surface area contributed by atoms with Gasteiger partial charge in [-0.05, 0) is 74.6 Å². The van der Waals surface area contributed by atoms with E-state index in [1.54, 1.807) is 0 Å². The molecule has 3 unspecified atom stereocenters. The fraction of sp³-hybridized carbons (Fsp3) is 0.630. The molecular formula is C27H35N5O2S. The lowest BCUT2D eigenvalue weighted by Crippen LogP contribution is -2.49. The Bertz CT molecular complexity index is 1160. The molecule has 186 valence electrons. The summed E-state index contributed by atoms with van der Waals surface area (Å²) in [5.74, 6) is 3.39. The van der Waals surface area contributed by atoms with Gasteiger partial charge in [-0.3, -0.25) is 4.21 Å². The van der Waals surface area contributed by atoms with E-state index >= 15 is 0 Å². The number of anilines is 3. The summed E-state index contributed by atoms with van der Waals surface area (Å²) in [7, 11) is -1.09. The maximum absolute atomic E-state index is 13.1. The van der Waals surface area contributed by atoms with E-state index < -0.39 is 10.8 Å². The van der Waals surface area contributed by atoms with Crippen LogP contribution in [-0.2, 0) is 30.1 Å². The Labute approximate surface area is 209 Å². The van der Waals surface area contributed by atoms with Crippen LogP contribution < -0.4 is 15.1 Å². The van der Waals surface area contributed by atoms with Crippen LogP contribution in [0.2, 0.25) is 0 Å². The van der Waals surface area contributed by atoms with Crippen LogP contribution in [0.4, 0.5) is 17.5 Å². The lowest BCUT2D eigenvalue weighted by Gasteiger charge is -2.42. The number of hydrogen-bond acceptors (Lipinski definition) is 7. The lowest BCUT2D eigenvalue weighted by atomic mass is 9.77. The zero-order valence-electron chi connectivity index (χ0n) is 20.3. The first-order chi connectivity index (χ1) is 17.1. The zero-order chi connectivity index (χ0) is 23.6. The van der Waals surface area contributed by atoms with Gasteiger partial charge in [-0.15, -0.1) is 0 Å². The average molecular weight is 494 g/mol. The molecule has 2 saturated heterocycles. The lowest BCUT2D eigenvalue weighted by molar-refractivity contribution is 0.143. The summed E-state index contributed by atoms with van der Waals surface area (Å²) < 4.78 is 13.1. The van der Waals surface area contributed by atoms with Crippen molar-refractivity contribution in [2.75, 3.05) is 53.7 Å². The van der Waals surface area contributed by atoms with Gasteiger partial charge in [0.1, 0.15) is 10.7 Å². The Kier molecular flexibility index (Phi) is 5.32. The number of benzene rings is 1. The van der Waals surface area contributed by atoms with E-state index in [1.807, 2.05) is 0 Å². The summed E-state index contributed by atoms with van der Waals surface area (Å²) in [4.78, 5) is 15.7. The summed E-state index contributed by atoms with van der Waals surface area (Å²) in [5, 5.41) is 13.6. The third-order valence-electron chi connectivity index (χ3n) is 9.13. The molecule has 3 atom stereocenters. The predicted molar refractivity (Wildman–Crippen MR) is 139 cm³/mol. The van der Waals surface area contributed by atoms with Crippen LogP contribution in [0, 0.1) is 11.8 Å². The molecule has 2 aromatic rings. The second kappa shape index (κ2) is 8.44. The van der Waals surface area contributed by atoms with Gasteiger partial charge in [-0.1, -0.05) is 6.07 Å². The summed E-state index contributed by atoms with van der Waals surface area (Å²) in [6.45, 7) is 4.21. The standard InChI is InChI=1S/C27H35N5O2S/c33-17-27(9-3-10-27)30-25-24-23(4-1-2-11-35(24)34)28-26(29-25)32-15-20-13-31(14-21(20)16-32)22-8-7-18-5-6-19(18)12-22/h7-8,12,20-21,33H,1-6,9-11,13-17H2,(H,28,29,30). The van der Waals surface area contributed by atoms with E-state index in [0.29, 0.717) is 23.4 Å². The topological polar surface area (TPSA) is 81.6 Å². The molecule has 0 spiro atoms. The Hall–Kier alpha value is -2.19. The van der Waals surface area contributed by atoms with Crippen LogP contribution in [0.15, 0.2) is 23.1 Å². The maximum atomic E-state index is 13.1. The number of hydrogen-bond donors (Lipinski definition) is 2. The highest BCUT2D eigenvalue weighted by Gasteiger charge is 2.42. The van der Waals surface area contributed by atoms with Gasteiger partial charge >= 0.3 is 0 Å². The Morgan fingerprint density at radius 1 is 0.971 bits per heavy atom. The van der Waals surface area contributed by atoms with Crippen LogP contribution in [0.3, 0.4) is 0 Å². The number of aliphatic hydroxyl groups is 1. The molecule has 7 rings (SSSR count). The highest BCUT2D eigenvalue weighted by Crippen LogP contribution is 2.40. The van der Waals surface area contributed by atoms with Gasteiger partial charge in [-0.25, -0.2) is 4.98 Å². The Morgan fingerprint density at radius 3 is 2.40 bits per heavy atom. The molecule has 8 heteroatoms. The van der Waals surface area contributed by atoms with Crippen LogP contribution in [0.25, 0.3) is 0 Å². The van der Waals surface area contributed by atoms with E-state index in [0.717, 1.165) is 81.2 Å². The third-order valence-corrected chi connectivity index (χ3v) is 10.7. The van der Waals surface area contributed by atoms with Gasteiger partial charge < -0.3 is 20.2 Å². The van der Waals surface area contributed by atoms with Crippen molar-refractivity contribution in [1.82, 2.24) is 9.97 Å². The number of nitrogens with one attached hydrogen (secondary N) is 1. The van der Waals surface area contributed by atoms with E-state index in [9.17, 15) is 9.32 Å². The van der Waals surface area contributed by atoms with Gasteiger partial charge in [0.2, 0.25) is 5.95 Å². The highest BCUT2D eigenvalue weighted by molar-refractivity contribution is 7.85. The largest absolute Gasteiger partial charge is 0.394 e. The molecule has 5 aliphatic rings. The summed E-state index contributed by atoms with van der Waals surface area (Å²) >= 11 is 0. The van der Waals surface area contributed by atoms with Gasteiger partial charge in [0.15, 0.2) is 0 Å². The number of nitrogens with zero attached hydrogens (tertiary/aromatic N) is 4. The zero-order valence-corrected chi connectivity index (χ0v) is 21.2. The third kappa shape index (κ3) is 3.75. The summed E-state index contributed by atoms with van der Waals surface area (Å²) in [6.07, 6.45) is 8.24. The van der Waals surface area contributed by atoms with Gasteiger partial charge in [0.25, 0.3) is 0 Å². The second-order valence-corrected chi connectivity index (χ2v) is 12.9. The predicted octanol–water partition coefficient (Wildman–Crippen LogP) is 2.92. The first-order valence-corrected chi connectivity index (χ1v) is 14.7. The van der Waals surface area contributed by atoms with Crippen molar-refractivity contribution in [3.8, 4) is 0 Å². The van der Waals surface area contributed by atoms with Gasteiger partial charge in [0.05, 0.1) is 28.6 Å². The molecule has 0 bridgehead atoms. The number of aromatic nitrogens is 2. The number of fused-ring (bicyclic) bond motifs is 3. The minimum atomic E-state index is -1.09. The molecule has 2 N–H and O–H groups in total. The molecule has 0 radical (unpaired) electrons. The molecule has 1 aromatic carbocycles. The van der Waals surface area contributed by atoms with Crippen molar-refractivity contribution < 1.29 is 9.32 Å². The molecule has 7 nitrogen and oxygen atoms in total. The van der Waals surface area contributed by atoms with Gasteiger partial charge in [0, 0.05) is 49.5 Å². The minimum absolute atomic E-state index is 0.0835.